The van der Waals surface area contributed by atoms with Gasteiger partial charge in [-0.2, -0.15) is 26.3 Å². The van der Waals surface area contributed by atoms with E-state index in [4.69, 9.17) is 9.26 Å². The SMILES string of the molecule is CCC(=O)[C@H](C)NP(=O)(CCN(C)C(=O)c1c2c(c(O)c3ncccc13)C(=O)N(Cc1ccc(F)cc1)C2)OCC(F)(F)F.CCOC(=O)C(C)NP(=O)(CCNC)OCC(F)(F)F.O=C(O)c1c2c(c(OC(c3ccccc3)c3ccccc3)c3ncccc13)C(=O)N(Cc1ccc(F)cc1)C2. The molecule has 0 radical (unpaired) electrons. The van der Waals surface area contributed by atoms with Gasteiger partial charge in [0.05, 0.1) is 47.2 Å². The number of halogens is 8. The molecule has 3 amide bonds. The molecule has 22 nitrogen and oxygen atoms in total. The van der Waals surface area contributed by atoms with E-state index in [-0.39, 0.29) is 115 Å². The van der Waals surface area contributed by atoms with Gasteiger partial charge in [0.2, 0.25) is 0 Å². The van der Waals surface area contributed by atoms with Crippen LogP contribution in [0.3, 0.4) is 0 Å². The number of aromatic hydroxyl groups is 1. The zero-order valence-corrected chi connectivity index (χ0v) is 58.3. The van der Waals surface area contributed by atoms with E-state index in [0.717, 1.165) is 21.6 Å². The number of phenolic OH excluding ortho intramolecular Hbond substituents is 1. The van der Waals surface area contributed by atoms with Crippen LogP contribution in [0.4, 0.5) is 35.1 Å². The van der Waals surface area contributed by atoms with Crippen molar-refractivity contribution in [2.45, 2.75) is 90.8 Å². The summed E-state index contributed by atoms with van der Waals surface area (Å²) >= 11 is 0. The summed E-state index contributed by atoms with van der Waals surface area (Å²) in [6.45, 7) is 2.58. The second-order valence-corrected chi connectivity index (χ2v) is 28.4. The number of ketones is 1. The number of benzene rings is 6. The van der Waals surface area contributed by atoms with Gasteiger partial charge in [0, 0.05) is 87.0 Å². The number of Topliss-reactive ketones (excluding diaryl/α,β-unsaturated/α-hetero) is 1. The molecule has 0 aliphatic carbocycles. The van der Waals surface area contributed by atoms with Gasteiger partial charge < -0.3 is 48.8 Å². The van der Waals surface area contributed by atoms with Gasteiger partial charge in [-0.3, -0.25) is 43.1 Å². The number of esters is 1. The van der Waals surface area contributed by atoms with E-state index in [1.807, 2.05) is 60.7 Å². The van der Waals surface area contributed by atoms with Crippen molar-refractivity contribution in [3.63, 3.8) is 0 Å². The summed E-state index contributed by atoms with van der Waals surface area (Å²) in [5.74, 6) is -4.83. The molecule has 6 aromatic carbocycles. The molecule has 0 spiro atoms. The zero-order valence-electron chi connectivity index (χ0n) is 56.5. The second-order valence-electron chi connectivity index (χ2n) is 23.8. The number of carbonyl (C=O) groups is 6. The standard InChI is InChI=1S/C32H23FN2O4.C29H31F4N4O6P.C10H20F3N2O4P/c33-23-15-13-20(14-16-23)18-35-19-25-26(32(37)38)24-12-7-17-34-28(24)30(27(25)31(35)36)39-29(21-8-3-1-4-9-21)22-10-5-2-6-11-22;1-4-22(38)17(2)35-44(42,43-16-29(31,32)33)13-12-36(3)27(40)23-20-6-5-11-34-25(20)26(39)24-21(23)15-37(28(24)41)14-18-7-9-19(30)10-8-18;1-4-18-9(16)8(2)15-20(17,6-5-14-3)19-7-10(11,12)13/h1-17,29H,18-19H2,(H,37,38);5-11,17,39H,4,12-16H2,1-3H3,(H,35,42);8,14H,4-7H2,1-3H3,(H,15,17)/t;17-,44?;/m.0./s1. The number of fused-ring (bicyclic) bond motifs is 4. The van der Waals surface area contributed by atoms with Gasteiger partial charge >= 0.3 is 24.3 Å². The number of rotatable bonds is 28. The fourth-order valence-corrected chi connectivity index (χ4v) is 15.2. The topological polar surface area (TPSA) is 286 Å². The van der Waals surface area contributed by atoms with Crippen LogP contribution in [-0.2, 0) is 58.7 Å². The molecule has 103 heavy (non-hydrogen) atoms. The molecule has 4 atom stereocenters. The summed E-state index contributed by atoms with van der Waals surface area (Å²) in [4.78, 5) is 89.9. The van der Waals surface area contributed by atoms with E-state index in [9.17, 15) is 83.2 Å². The Morgan fingerprint density at radius 2 is 1.11 bits per heavy atom. The fourth-order valence-electron chi connectivity index (χ4n) is 11.3. The Balaban J connectivity index is 0.000000209. The molecule has 3 unspecified atom stereocenters. The number of hydrogen-bond donors (Lipinski definition) is 5. The molecule has 2 aliphatic heterocycles. The van der Waals surface area contributed by atoms with E-state index < -0.39 is 106 Å². The number of carboxylic acids is 1. The average Bonchev–Trinajstić information content (AvgIpc) is 1.66. The third-order valence-electron chi connectivity index (χ3n) is 16.3. The number of nitrogens with one attached hydrogen (secondary N) is 3. The minimum atomic E-state index is -4.79. The molecule has 32 heteroatoms. The molecule has 8 aromatic rings. The predicted molar refractivity (Wildman–Crippen MR) is 364 cm³/mol. The van der Waals surface area contributed by atoms with Gasteiger partial charge in [-0.15, -0.1) is 0 Å². The van der Waals surface area contributed by atoms with Crippen LogP contribution < -0.4 is 20.2 Å². The Morgan fingerprint density at radius 1 is 0.641 bits per heavy atom. The van der Waals surface area contributed by atoms with E-state index >= 15 is 0 Å². The third-order valence-corrected chi connectivity index (χ3v) is 20.5. The summed E-state index contributed by atoms with van der Waals surface area (Å²) < 4.78 is 148. The van der Waals surface area contributed by atoms with E-state index in [0.29, 0.717) is 22.0 Å². The van der Waals surface area contributed by atoms with Crippen LogP contribution in [0, 0.1) is 11.6 Å². The quantitative estimate of drug-likeness (QED) is 0.0173. The van der Waals surface area contributed by atoms with Gasteiger partial charge in [0.15, 0.2) is 24.7 Å². The first-order chi connectivity index (χ1) is 48.8. The van der Waals surface area contributed by atoms with Crippen LogP contribution >= 0.6 is 15.0 Å². The number of pyridine rings is 2. The maximum Gasteiger partial charge on any atom is 0.412 e. The van der Waals surface area contributed by atoms with Crippen molar-refractivity contribution in [2.75, 3.05) is 59.3 Å². The molecular formula is C71H74F8N8O14P2. The number of carbonyl (C=O) groups excluding carboxylic acids is 5. The molecule has 0 saturated carbocycles. The van der Waals surface area contributed by atoms with Crippen LogP contribution in [0.25, 0.3) is 21.8 Å². The van der Waals surface area contributed by atoms with Crippen molar-refractivity contribution in [1.82, 2.24) is 40.2 Å². The number of phenols is 1. The lowest BCUT2D eigenvalue weighted by atomic mass is 9.95. The lowest BCUT2D eigenvalue weighted by Crippen LogP contribution is -2.37. The molecule has 10 rings (SSSR count). The lowest BCUT2D eigenvalue weighted by molar-refractivity contribution is -0.154. The summed E-state index contributed by atoms with van der Waals surface area (Å²) in [7, 11) is -5.19. The Hall–Kier alpha value is -9.54. The first-order valence-corrected chi connectivity index (χ1v) is 35.8. The van der Waals surface area contributed by atoms with E-state index in [2.05, 4.69) is 34.7 Å². The van der Waals surface area contributed by atoms with Crippen LogP contribution in [-0.4, -0.2) is 154 Å². The van der Waals surface area contributed by atoms with Crippen molar-refractivity contribution in [1.29, 1.82) is 0 Å². The second kappa shape index (κ2) is 34.6. The number of amides is 3. The van der Waals surface area contributed by atoms with Crippen molar-refractivity contribution < 1.29 is 102 Å². The molecule has 0 fully saturated rings. The van der Waals surface area contributed by atoms with Crippen LogP contribution in [0.2, 0.25) is 0 Å². The first kappa shape index (κ1) is 79.2. The highest BCUT2D eigenvalue weighted by molar-refractivity contribution is 7.57. The maximum atomic E-state index is 13.9. The molecule has 2 aliphatic rings. The van der Waals surface area contributed by atoms with Gasteiger partial charge in [0.1, 0.15) is 40.6 Å². The molecule has 0 saturated heterocycles. The molecule has 5 N–H and O–H groups in total. The minimum Gasteiger partial charge on any atom is -0.505 e. The summed E-state index contributed by atoms with van der Waals surface area (Å²) in [5, 5.41) is 29.2. The number of aromatic nitrogens is 2. The predicted octanol–water partition coefficient (Wildman–Crippen LogP) is 13.0. The monoisotopic (exact) mass is 1480 g/mol. The number of carboxylic acid groups (broad SMARTS) is 1. The van der Waals surface area contributed by atoms with E-state index in [1.54, 1.807) is 56.3 Å². The minimum absolute atomic E-state index is 0.00673. The highest BCUT2D eigenvalue weighted by Crippen LogP contribution is 2.48. The molecule has 2 aromatic heterocycles. The van der Waals surface area contributed by atoms with E-state index in [1.165, 1.54) is 80.5 Å². The number of alkyl halides is 6. The van der Waals surface area contributed by atoms with Gasteiger partial charge in [-0.25, -0.2) is 23.7 Å². The van der Waals surface area contributed by atoms with Crippen LogP contribution in [0.15, 0.2) is 146 Å². The number of aromatic carboxylic acids is 1. The van der Waals surface area contributed by atoms with Gasteiger partial charge in [-0.1, -0.05) is 104 Å². The van der Waals surface area contributed by atoms with Crippen molar-refractivity contribution in [3.8, 4) is 11.5 Å². The molecule has 0 bridgehead atoms. The molecule has 4 heterocycles. The maximum absolute atomic E-state index is 13.9. The normalized spacial score (nSPS) is 14.5. The Labute approximate surface area is 586 Å². The van der Waals surface area contributed by atoms with Gasteiger partial charge in [0.25, 0.3) is 32.8 Å². The Morgan fingerprint density at radius 3 is 1.58 bits per heavy atom. The Bertz CT molecular complexity index is 4430. The first-order valence-electron chi connectivity index (χ1n) is 32.2. The number of nitrogens with zero attached hydrogens (tertiary/aromatic N) is 5. The molecular weight excluding hydrogens is 1400 g/mol. The smallest absolute Gasteiger partial charge is 0.412 e. The van der Waals surface area contributed by atoms with Crippen molar-refractivity contribution in [3.05, 3.63) is 213 Å². The third kappa shape index (κ3) is 20.4. The average molecular weight is 1480 g/mol. The fraction of sp³-hybridized carbons (Fsp3) is 0.324. The summed E-state index contributed by atoms with van der Waals surface area (Å²) in [6, 6.07) is 35.0. The lowest BCUT2D eigenvalue weighted by Gasteiger charge is -2.26. The largest absolute Gasteiger partial charge is 0.505 e. The number of hydrogen-bond acceptors (Lipinski definition) is 16. The Kier molecular flexibility index (Phi) is 26.6. The summed E-state index contributed by atoms with van der Waals surface area (Å²) in [5.41, 5.74) is 4.11. The van der Waals surface area contributed by atoms with Crippen LogP contribution in [0.5, 0.6) is 11.5 Å². The van der Waals surface area contributed by atoms with Crippen LogP contribution in [0.1, 0.15) is 115 Å². The van der Waals surface area contributed by atoms with Gasteiger partial charge in [-0.05, 0) is 86.5 Å². The highest BCUT2D eigenvalue weighted by Gasteiger charge is 2.42. The highest BCUT2D eigenvalue weighted by atomic mass is 31.2. The zero-order chi connectivity index (χ0) is 75.1. The summed E-state index contributed by atoms with van der Waals surface area (Å²) in [6.07, 6.45) is -7.70. The molecule has 548 valence electrons. The van der Waals surface area contributed by atoms with Crippen molar-refractivity contribution in [2.24, 2.45) is 0 Å². The van der Waals surface area contributed by atoms with Crippen molar-refractivity contribution >= 4 is 72.3 Å². The number of ether oxygens (including phenoxy) is 2.